The maximum absolute atomic E-state index is 10.5. The van der Waals surface area contributed by atoms with E-state index in [0.29, 0.717) is 6.61 Å². The normalized spacial score (nSPS) is 12.2. The Hall–Kier alpha value is -2.00. The van der Waals surface area contributed by atoms with Gasteiger partial charge < -0.3 is 14.6 Å². The third-order valence-electron chi connectivity index (χ3n) is 3.05. The quantitative estimate of drug-likeness (QED) is 0.873. The van der Waals surface area contributed by atoms with Crippen LogP contribution in [0, 0.1) is 0 Å². The molecule has 0 heterocycles. The van der Waals surface area contributed by atoms with Crippen molar-refractivity contribution in [1.29, 1.82) is 0 Å². The first-order valence-corrected chi connectivity index (χ1v) is 7.27. The predicted molar refractivity (Wildman–Crippen MR) is 83.9 cm³/mol. The fraction of sp³-hybridized carbons (Fsp3) is 0.333. The number of hydrogen-bond acceptors (Lipinski definition) is 3. The van der Waals surface area contributed by atoms with Gasteiger partial charge in [0, 0.05) is 0 Å². The van der Waals surface area contributed by atoms with Crippen molar-refractivity contribution in [2.45, 2.75) is 33.0 Å². The lowest BCUT2D eigenvalue weighted by atomic mass is 10.0. The number of aliphatic hydroxyl groups excluding tert-OH is 1. The third kappa shape index (κ3) is 4.23. The molecule has 0 saturated heterocycles. The largest absolute Gasteiger partial charge is 0.494 e. The van der Waals surface area contributed by atoms with Gasteiger partial charge in [0.25, 0.3) is 0 Å². The van der Waals surface area contributed by atoms with Gasteiger partial charge >= 0.3 is 0 Å². The summed E-state index contributed by atoms with van der Waals surface area (Å²) in [6.45, 7) is 6.53. The van der Waals surface area contributed by atoms with Crippen molar-refractivity contribution in [1.82, 2.24) is 0 Å². The average molecular weight is 286 g/mol. The first-order chi connectivity index (χ1) is 10.1. The van der Waals surface area contributed by atoms with Crippen molar-refractivity contribution >= 4 is 0 Å². The molecule has 0 amide bonds. The third-order valence-corrected chi connectivity index (χ3v) is 3.05. The zero-order valence-corrected chi connectivity index (χ0v) is 12.7. The fourth-order valence-corrected chi connectivity index (χ4v) is 2.13. The minimum Gasteiger partial charge on any atom is -0.494 e. The molecule has 1 N–H and O–H groups in total. The topological polar surface area (TPSA) is 38.7 Å². The molecule has 1 atom stereocenters. The van der Waals surface area contributed by atoms with E-state index in [-0.39, 0.29) is 6.10 Å². The summed E-state index contributed by atoms with van der Waals surface area (Å²) in [5.41, 5.74) is 1.65. The summed E-state index contributed by atoms with van der Waals surface area (Å²) >= 11 is 0. The van der Waals surface area contributed by atoms with E-state index < -0.39 is 6.10 Å². The van der Waals surface area contributed by atoms with Gasteiger partial charge in [-0.3, -0.25) is 0 Å². The Kier molecular flexibility index (Phi) is 5.23. The minimum atomic E-state index is -0.668. The summed E-state index contributed by atoms with van der Waals surface area (Å²) in [4.78, 5) is 0. The van der Waals surface area contributed by atoms with Gasteiger partial charge in [-0.25, -0.2) is 0 Å². The number of rotatable bonds is 6. The van der Waals surface area contributed by atoms with Gasteiger partial charge in [0.15, 0.2) is 0 Å². The fourth-order valence-electron chi connectivity index (χ4n) is 2.13. The van der Waals surface area contributed by atoms with Crippen LogP contribution in [0.25, 0.3) is 0 Å². The second-order valence-corrected chi connectivity index (χ2v) is 5.14. The van der Waals surface area contributed by atoms with Crippen LogP contribution in [0.1, 0.15) is 38.0 Å². The van der Waals surface area contributed by atoms with Gasteiger partial charge in [-0.1, -0.05) is 24.3 Å². The Balaban J connectivity index is 2.15. The smallest absolute Gasteiger partial charge is 0.119 e. The molecule has 2 aromatic carbocycles. The van der Waals surface area contributed by atoms with Gasteiger partial charge in [0.05, 0.1) is 12.7 Å². The Morgan fingerprint density at radius 3 is 2.29 bits per heavy atom. The van der Waals surface area contributed by atoms with E-state index in [0.717, 1.165) is 22.6 Å². The summed E-state index contributed by atoms with van der Waals surface area (Å²) in [5.74, 6) is 1.58. The summed E-state index contributed by atoms with van der Waals surface area (Å²) in [6.07, 6.45) is -0.526. The van der Waals surface area contributed by atoms with Crippen molar-refractivity contribution in [3.05, 3.63) is 59.7 Å². The zero-order valence-electron chi connectivity index (χ0n) is 12.7. The van der Waals surface area contributed by atoms with Gasteiger partial charge in [0.1, 0.15) is 17.6 Å². The molecule has 3 heteroatoms. The molecule has 0 aliphatic carbocycles. The van der Waals surface area contributed by atoms with Crippen molar-refractivity contribution < 1.29 is 14.6 Å². The van der Waals surface area contributed by atoms with Gasteiger partial charge in [-0.05, 0) is 56.2 Å². The van der Waals surface area contributed by atoms with Crippen LogP contribution in [0.15, 0.2) is 48.5 Å². The van der Waals surface area contributed by atoms with Crippen molar-refractivity contribution in [3.8, 4) is 11.5 Å². The molecule has 0 bridgehead atoms. The number of ether oxygens (including phenoxy) is 2. The number of aliphatic hydroxyl groups is 1. The first kappa shape index (κ1) is 15.4. The number of benzene rings is 2. The SMILES string of the molecule is CCOc1cccc(C(O)c2ccc(OC(C)C)cc2)c1. The van der Waals surface area contributed by atoms with Crippen LogP contribution < -0.4 is 9.47 Å². The zero-order chi connectivity index (χ0) is 15.2. The lowest BCUT2D eigenvalue weighted by Gasteiger charge is -2.14. The molecular formula is C18H22O3. The highest BCUT2D eigenvalue weighted by Crippen LogP contribution is 2.26. The molecule has 1 unspecified atom stereocenters. The molecule has 0 saturated carbocycles. The lowest BCUT2D eigenvalue weighted by Crippen LogP contribution is -2.06. The average Bonchev–Trinajstić information content (AvgIpc) is 2.47. The van der Waals surface area contributed by atoms with E-state index in [9.17, 15) is 5.11 Å². The van der Waals surface area contributed by atoms with Crippen LogP contribution >= 0.6 is 0 Å². The number of hydrogen-bond donors (Lipinski definition) is 1. The predicted octanol–water partition coefficient (Wildman–Crippen LogP) is 3.95. The van der Waals surface area contributed by atoms with Gasteiger partial charge in [-0.15, -0.1) is 0 Å². The van der Waals surface area contributed by atoms with Crippen LogP contribution in [0.5, 0.6) is 11.5 Å². The van der Waals surface area contributed by atoms with Crippen LogP contribution in [-0.2, 0) is 0 Å². The molecule has 0 fully saturated rings. The standard InChI is InChI=1S/C18H22O3/c1-4-20-17-7-5-6-15(12-17)18(19)14-8-10-16(11-9-14)21-13(2)3/h5-13,18-19H,4H2,1-3H3. The van der Waals surface area contributed by atoms with Gasteiger partial charge in [-0.2, -0.15) is 0 Å². The molecule has 0 radical (unpaired) electrons. The second-order valence-electron chi connectivity index (χ2n) is 5.14. The second kappa shape index (κ2) is 7.14. The van der Waals surface area contributed by atoms with Crippen molar-refractivity contribution in [2.24, 2.45) is 0 Å². The monoisotopic (exact) mass is 286 g/mol. The van der Waals surface area contributed by atoms with E-state index in [2.05, 4.69) is 0 Å². The molecule has 3 nitrogen and oxygen atoms in total. The molecule has 2 rings (SSSR count). The Morgan fingerprint density at radius 1 is 0.952 bits per heavy atom. The van der Waals surface area contributed by atoms with Gasteiger partial charge in [0.2, 0.25) is 0 Å². The van der Waals surface area contributed by atoms with Crippen molar-refractivity contribution in [3.63, 3.8) is 0 Å². The Labute approximate surface area is 126 Å². The lowest BCUT2D eigenvalue weighted by molar-refractivity contribution is 0.218. The van der Waals surface area contributed by atoms with Crippen molar-refractivity contribution in [2.75, 3.05) is 6.61 Å². The van der Waals surface area contributed by atoms with E-state index in [1.165, 1.54) is 0 Å². The summed E-state index contributed by atoms with van der Waals surface area (Å²) in [6, 6.07) is 15.1. The van der Waals surface area contributed by atoms with Crippen LogP contribution in [0.3, 0.4) is 0 Å². The van der Waals surface area contributed by atoms with E-state index in [4.69, 9.17) is 9.47 Å². The Morgan fingerprint density at radius 2 is 1.67 bits per heavy atom. The highest BCUT2D eigenvalue weighted by atomic mass is 16.5. The van der Waals surface area contributed by atoms with E-state index >= 15 is 0 Å². The first-order valence-electron chi connectivity index (χ1n) is 7.27. The van der Waals surface area contributed by atoms with E-state index in [1.54, 1.807) is 0 Å². The molecule has 0 aliphatic heterocycles. The highest BCUT2D eigenvalue weighted by molar-refractivity contribution is 5.37. The minimum absolute atomic E-state index is 0.142. The van der Waals surface area contributed by atoms with Crippen LogP contribution in [-0.4, -0.2) is 17.8 Å². The maximum atomic E-state index is 10.5. The van der Waals surface area contributed by atoms with Crippen LogP contribution in [0.4, 0.5) is 0 Å². The summed E-state index contributed by atoms with van der Waals surface area (Å²) < 4.78 is 11.1. The highest BCUT2D eigenvalue weighted by Gasteiger charge is 2.11. The summed E-state index contributed by atoms with van der Waals surface area (Å²) in [5, 5.41) is 10.5. The molecule has 112 valence electrons. The molecular weight excluding hydrogens is 264 g/mol. The molecule has 0 aromatic heterocycles. The van der Waals surface area contributed by atoms with E-state index in [1.807, 2.05) is 69.3 Å². The van der Waals surface area contributed by atoms with Crippen LogP contribution in [0.2, 0.25) is 0 Å². The molecule has 0 spiro atoms. The summed E-state index contributed by atoms with van der Waals surface area (Å²) in [7, 11) is 0. The molecule has 21 heavy (non-hydrogen) atoms. The molecule has 2 aromatic rings. The maximum Gasteiger partial charge on any atom is 0.119 e. The Bertz CT molecular complexity index is 561. The molecule has 0 aliphatic rings.